The summed E-state index contributed by atoms with van der Waals surface area (Å²) in [6, 6.07) is 14.6. The lowest BCUT2D eigenvalue weighted by Gasteiger charge is -2.30. The number of likely N-dealkylation sites (tertiary alicyclic amines) is 1. The Balaban J connectivity index is 1.39. The van der Waals surface area contributed by atoms with Crippen LogP contribution in [0.25, 0.3) is 0 Å². The molecule has 2 aromatic carbocycles. The van der Waals surface area contributed by atoms with Gasteiger partial charge in [0.25, 0.3) is 0 Å². The maximum absolute atomic E-state index is 12.9. The summed E-state index contributed by atoms with van der Waals surface area (Å²) in [6.07, 6.45) is 0.632. The Labute approximate surface area is 168 Å². The minimum absolute atomic E-state index is 0.135. The molecular weight excluding hydrogens is 375 g/mol. The smallest absolute Gasteiger partial charge is 0.410 e. The van der Waals surface area contributed by atoms with E-state index in [0.717, 1.165) is 5.56 Å². The van der Waals surface area contributed by atoms with Crippen molar-refractivity contribution in [2.75, 3.05) is 19.6 Å². The number of halogens is 1. The molecule has 1 saturated heterocycles. The van der Waals surface area contributed by atoms with Gasteiger partial charge < -0.3 is 15.0 Å². The second-order valence-electron chi connectivity index (χ2n) is 6.95. The van der Waals surface area contributed by atoms with Gasteiger partial charge in [-0.15, -0.1) is 0 Å². The number of carbonyl (C=O) groups is 3. The molecule has 0 aliphatic carbocycles. The summed E-state index contributed by atoms with van der Waals surface area (Å²) in [5.41, 5.74) is 1.27. The lowest BCUT2D eigenvalue weighted by molar-refractivity contribution is -0.126. The lowest BCUT2D eigenvalue weighted by atomic mass is 9.96. The van der Waals surface area contributed by atoms with E-state index in [1.807, 2.05) is 30.3 Å². The van der Waals surface area contributed by atoms with Crippen molar-refractivity contribution < 1.29 is 23.5 Å². The quantitative estimate of drug-likeness (QED) is 0.759. The average Bonchev–Trinajstić information content (AvgIpc) is 2.77. The molecule has 0 radical (unpaired) electrons. The summed E-state index contributed by atoms with van der Waals surface area (Å²) >= 11 is 0. The second kappa shape index (κ2) is 9.82. The third kappa shape index (κ3) is 5.88. The molecule has 1 N–H and O–H groups in total. The van der Waals surface area contributed by atoms with Gasteiger partial charge in [-0.1, -0.05) is 30.3 Å². The normalized spacial score (nSPS) is 14.3. The van der Waals surface area contributed by atoms with Crippen molar-refractivity contribution in [3.63, 3.8) is 0 Å². The monoisotopic (exact) mass is 398 g/mol. The summed E-state index contributed by atoms with van der Waals surface area (Å²) in [6.45, 7) is 0.935. The van der Waals surface area contributed by atoms with Gasteiger partial charge in [-0.25, -0.2) is 9.18 Å². The van der Waals surface area contributed by atoms with Crippen molar-refractivity contribution >= 4 is 17.8 Å². The molecule has 0 atom stereocenters. The molecule has 0 bridgehead atoms. The number of carbonyl (C=O) groups excluding carboxylic acids is 3. The molecule has 0 aromatic heterocycles. The molecule has 1 aliphatic heterocycles. The molecule has 7 heteroatoms. The van der Waals surface area contributed by atoms with Crippen LogP contribution in [0.2, 0.25) is 0 Å². The van der Waals surface area contributed by atoms with E-state index >= 15 is 0 Å². The van der Waals surface area contributed by atoms with Crippen LogP contribution in [0.4, 0.5) is 9.18 Å². The molecule has 152 valence electrons. The zero-order chi connectivity index (χ0) is 20.6. The largest absolute Gasteiger partial charge is 0.445 e. The van der Waals surface area contributed by atoms with E-state index < -0.39 is 5.82 Å². The number of ether oxygens (including phenoxy) is 1. The van der Waals surface area contributed by atoms with Gasteiger partial charge >= 0.3 is 6.09 Å². The SMILES string of the molecule is O=C(CNC(=O)C1CCN(C(=O)OCc2ccccc2)CC1)c1ccc(F)cc1. The van der Waals surface area contributed by atoms with E-state index in [0.29, 0.717) is 31.5 Å². The van der Waals surface area contributed by atoms with Crippen LogP contribution in [-0.4, -0.2) is 42.3 Å². The maximum atomic E-state index is 12.9. The highest BCUT2D eigenvalue weighted by molar-refractivity contribution is 5.99. The average molecular weight is 398 g/mol. The van der Waals surface area contributed by atoms with Gasteiger partial charge in [-0.2, -0.15) is 0 Å². The summed E-state index contributed by atoms with van der Waals surface area (Å²) in [5.74, 6) is -1.16. The van der Waals surface area contributed by atoms with Crippen molar-refractivity contribution in [3.05, 3.63) is 71.5 Å². The zero-order valence-corrected chi connectivity index (χ0v) is 16.0. The highest BCUT2D eigenvalue weighted by Crippen LogP contribution is 2.18. The molecule has 6 nitrogen and oxygen atoms in total. The van der Waals surface area contributed by atoms with Crippen molar-refractivity contribution in [2.45, 2.75) is 19.4 Å². The number of piperidine rings is 1. The van der Waals surface area contributed by atoms with Crippen LogP contribution < -0.4 is 5.32 Å². The molecular formula is C22H23FN2O4. The third-order valence-electron chi connectivity index (χ3n) is 4.92. The minimum atomic E-state index is -0.417. The standard InChI is InChI=1S/C22H23FN2O4/c23-19-8-6-17(7-9-19)20(26)14-24-21(27)18-10-12-25(13-11-18)22(28)29-15-16-4-2-1-3-5-16/h1-9,18H,10-15H2,(H,24,27). The summed E-state index contributed by atoms with van der Waals surface area (Å²) in [4.78, 5) is 38.2. The fourth-order valence-corrected chi connectivity index (χ4v) is 3.18. The number of amides is 2. The number of nitrogens with one attached hydrogen (secondary N) is 1. The Kier molecular flexibility index (Phi) is 6.94. The molecule has 29 heavy (non-hydrogen) atoms. The second-order valence-corrected chi connectivity index (χ2v) is 6.95. The van der Waals surface area contributed by atoms with Crippen LogP contribution >= 0.6 is 0 Å². The van der Waals surface area contributed by atoms with E-state index in [4.69, 9.17) is 4.74 Å². The topological polar surface area (TPSA) is 75.7 Å². The fourth-order valence-electron chi connectivity index (χ4n) is 3.18. The summed E-state index contributed by atoms with van der Waals surface area (Å²) < 4.78 is 18.2. The number of hydrogen-bond donors (Lipinski definition) is 1. The van der Waals surface area contributed by atoms with Crippen molar-refractivity contribution in [3.8, 4) is 0 Å². The summed E-state index contributed by atoms with van der Waals surface area (Å²) in [7, 11) is 0. The Hall–Kier alpha value is -3.22. The van der Waals surface area contributed by atoms with Crippen LogP contribution in [0, 0.1) is 11.7 Å². The Morgan fingerprint density at radius 1 is 1.00 bits per heavy atom. The van der Waals surface area contributed by atoms with Crippen LogP contribution in [0.15, 0.2) is 54.6 Å². The highest BCUT2D eigenvalue weighted by atomic mass is 19.1. The molecule has 3 rings (SSSR count). The van der Waals surface area contributed by atoms with E-state index in [9.17, 15) is 18.8 Å². The lowest BCUT2D eigenvalue weighted by Crippen LogP contribution is -2.44. The van der Waals surface area contributed by atoms with Gasteiger partial charge in [0.05, 0.1) is 6.54 Å². The molecule has 0 spiro atoms. The number of rotatable bonds is 6. The number of Topliss-reactive ketones (excluding diaryl/α,β-unsaturated/α-hetero) is 1. The molecule has 1 aliphatic rings. The number of hydrogen-bond acceptors (Lipinski definition) is 4. The highest BCUT2D eigenvalue weighted by Gasteiger charge is 2.28. The predicted molar refractivity (Wildman–Crippen MR) is 105 cm³/mol. The van der Waals surface area contributed by atoms with E-state index in [1.165, 1.54) is 24.3 Å². The first kappa shape index (κ1) is 20.5. The van der Waals surface area contributed by atoms with Crippen molar-refractivity contribution in [1.29, 1.82) is 0 Å². The van der Waals surface area contributed by atoms with Gasteiger partial charge in [-0.3, -0.25) is 9.59 Å². The van der Waals surface area contributed by atoms with E-state index in [2.05, 4.69) is 5.32 Å². The molecule has 2 amide bonds. The van der Waals surface area contributed by atoms with Gasteiger partial charge in [0.2, 0.25) is 5.91 Å². The molecule has 0 unspecified atom stereocenters. The van der Waals surface area contributed by atoms with Gasteiger partial charge in [0.15, 0.2) is 5.78 Å². The third-order valence-corrected chi connectivity index (χ3v) is 4.92. The van der Waals surface area contributed by atoms with Crippen LogP contribution in [-0.2, 0) is 16.1 Å². The Morgan fingerprint density at radius 2 is 1.66 bits per heavy atom. The molecule has 0 saturated carbocycles. The number of ketones is 1. The zero-order valence-electron chi connectivity index (χ0n) is 16.0. The van der Waals surface area contributed by atoms with Crippen molar-refractivity contribution in [2.24, 2.45) is 5.92 Å². The van der Waals surface area contributed by atoms with E-state index in [-0.39, 0.29) is 36.9 Å². The first-order valence-electron chi connectivity index (χ1n) is 9.55. The van der Waals surface area contributed by atoms with Crippen molar-refractivity contribution in [1.82, 2.24) is 10.2 Å². The minimum Gasteiger partial charge on any atom is -0.445 e. The first-order valence-corrected chi connectivity index (χ1v) is 9.55. The molecule has 1 fully saturated rings. The number of nitrogens with zero attached hydrogens (tertiary/aromatic N) is 1. The van der Waals surface area contributed by atoms with Crippen LogP contribution in [0.1, 0.15) is 28.8 Å². The molecule has 1 heterocycles. The Bertz CT molecular complexity index is 847. The van der Waals surface area contributed by atoms with Gasteiger partial charge in [0.1, 0.15) is 12.4 Å². The Morgan fingerprint density at radius 3 is 2.31 bits per heavy atom. The van der Waals surface area contributed by atoms with Gasteiger partial charge in [0, 0.05) is 24.6 Å². The summed E-state index contributed by atoms with van der Waals surface area (Å²) in [5, 5.41) is 2.64. The fraction of sp³-hybridized carbons (Fsp3) is 0.318. The first-order chi connectivity index (χ1) is 14.0. The predicted octanol–water partition coefficient (Wildman–Crippen LogP) is 3.17. The van der Waals surface area contributed by atoms with Crippen LogP contribution in [0.3, 0.4) is 0 Å². The number of benzene rings is 2. The molecule has 2 aromatic rings. The van der Waals surface area contributed by atoms with E-state index in [1.54, 1.807) is 4.90 Å². The van der Waals surface area contributed by atoms with Gasteiger partial charge in [-0.05, 0) is 42.7 Å². The van der Waals surface area contributed by atoms with Crippen LogP contribution in [0.5, 0.6) is 0 Å². The maximum Gasteiger partial charge on any atom is 0.410 e.